The standard InChI is InChI=1S/C12H13N3O2/c1-15-8-3-2-6(4-7(8)5-9(15)16)11-10(13)12(17)14-11/h2-4,10-11H,5,13H2,1H3,(H,14,17). The Hall–Kier alpha value is -1.88. The predicted octanol–water partition coefficient (Wildman–Crippen LogP) is -0.296. The molecule has 0 saturated carbocycles. The summed E-state index contributed by atoms with van der Waals surface area (Å²) in [5.41, 5.74) is 8.63. The van der Waals surface area contributed by atoms with E-state index < -0.39 is 6.04 Å². The lowest BCUT2D eigenvalue weighted by atomic mass is 9.91. The molecule has 1 aromatic carbocycles. The first-order valence-electron chi connectivity index (χ1n) is 5.53. The molecule has 2 unspecified atom stereocenters. The van der Waals surface area contributed by atoms with Crippen molar-refractivity contribution in [3.8, 4) is 0 Å². The third kappa shape index (κ3) is 1.36. The van der Waals surface area contributed by atoms with E-state index in [1.165, 1.54) is 0 Å². The topological polar surface area (TPSA) is 75.4 Å². The zero-order valence-corrected chi connectivity index (χ0v) is 9.43. The molecule has 1 fully saturated rings. The summed E-state index contributed by atoms with van der Waals surface area (Å²) in [4.78, 5) is 24.2. The number of carbonyl (C=O) groups is 2. The minimum atomic E-state index is -0.470. The highest BCUT2D eigenvalue weighted by atomic mass is 16.2. The molecule has 0 radical (unpaired) electrons. The fraction of sp³-hybridized carbons (Fsp3) is 0.333. The van der Waals surface area contributed by atoms with Crippen molar-refractivity contribution in [3.63, 3.8) is 0 Å². The Bertz CT molecular complexity index is 526. The van der Waals surface area contributed by atoms with Crippen molar-refractivity contribution < 1.29 is 9.59 Å². The first kappa shape index (κ1) is 10.3. The molecule has 1 aromatic rings. The zero-order chi connectivity index (χ0) is 12.2. The molecule has 0 aliphatic carbocycles. The van der Waals surface area contributed by atoms with E-state index in [0.717, 1.165) is 16.8 Å². The van der Waals surface area contributed by atoms with E-state index in [4.69, 9.17) is 5.73 Å². The number of β-lactam (4-membered cyclic amide) rings is 1. The number of hydrogen-bond donors (Lipinski definition) is 2. The fourth-order valence-corrected chi connectivity index (χ4v) is 2.37. The molecule has 2 aliphatic rings. The molecule has 3 N–H and O–H groups in total. The van der Waals surface area contributed by atoms with Crippen LogP contribution in [0.15, 0.2) is 18.2 Å². The summed E-state index contributed by atoms with van der Waals surface area (Å²) in [7, 11) is 1.77. The number of fused-ring (bicyclic) bond motifs is 1. The second kappa shape index (κ2) is 3.30. The summed E-state index contributed by atoms with van der Waals surface area (Å²) >= 11 is 0. The Labute approximate surface area is 98.6 Å². The minimum absolute atomic E-state index is 0.0964. The average Bonchev–Trinajstić information content (AvgIpc) is 2.61. The van der Waals surface area contributed by atoms with Crippen molar-refractivity contribution in [2.45, 2.75) is 18.5 Å². The van der Waals surface area contributed by atoms with Crippen LogP contribution in [0.2, 0.25) is 0 Å². The predicted molar refractivity (Wildman–Crippen MR) is 62.4 cm³/mol. The molecule has 88 valence electrons. The summed E-state index contributed by atoms with van der Waals surface area (Å²) in [6.07, 6.45) is 0.426. The van der Waals surface area contributed by atoms with Crippen LogP contribution in [0.25, 0.3) is 0 Å². The van der Waals surface area contributed by atoms with Gasteiger partial charge in [-0.1, -0.05) is 12.1 Å². The summed E-state index contributed by atoms with van der Waals surface area (Å²) in [5, 5.41) is 2.76. The van der Waals surface area contributed by atoms with Gasteiger partial charge in [0.05, 0.1) is 12.5 Å². The number of anilines is 1. The van der Waals surface area contributed by atoms with Crippen LogP contribution in [0, 0.1) is 0 Å². The van der Waals surface area contributed by atoms with Crippen LogP contribution in [0.1, 0.15) is 17.2 Å². The molecule has 0 aromatic heterocycles. The van der Waals surface area contributed by atoms with Crippen molar-refractivity contribution in [2.75, 3.05) is 11.9 Å². The highest BCUT2D eigenvalue weighted by molar-refractivity contribution is 6.01. The molecule has 3 rings (SSSR count). The van der Waals surface area contributed by atoms with E-state index in [-0.39, 0.29) is 17.9 Å². The van der Waals surface area contributed by atoms with Gasteiger partial charge in [-0.25, -0.2) is 0 Å². The number of nitrogens with one attached hydrogen (secondary N) is 1. The van der Waals surface area contributed by atoms with Gasteiger partial charge in [0.25, 0.3) is 0 Å². The van der Waals surface area contributed by atoms with Gasteiger partial charge in [-0.2, -0.15) is 0 Å². The molecular formula is C12H13N3O2. The summed E-state index contributed by atoms with van der Waals surface area (Å²) in [5.74, 6) is -0.0252. The molecule has 2 amide bonds. The van der Waals surface area contributed by atoms with Gasteiger partial charge in [0.1, 0.15) is 6.04 Å². The van der Waals surface area contributed by atoms with Crippen LogP contribution in [-0.4, -0.2) is 24.9 Å². The van der Waals surface area contributed by atoms with Gasteiger partial charge >= 0.3 is 0 Å². The minimum Gasteiger partial charge on any atom is -0.346 e. The van der Waals surface area contributed by atoms with Gasteiger partial charge in [-0.05, 0) is 17.2 Å². The SMILES string of the molecule is CN1C(=O)Cc2cc(C3NC(=O)C3N)ccc21. The summed E-state index contributed by atoms with van der Waals surface area (Å²) in [6.45, 7) is 0. The largest absolute Gasteiger partial charge is 0.346 e. The van der Waals surface area contributed by atoms with E-state index in [1.807, 2.05) is 18.2 Å². The van der Waals surface area contributed by atoms with Crippen LogP contribution in [-0.2, 0) is 16.0 Å². The number of hydrogen-bond acceptors (Lipinski definition) is 3. The van der Waals surface area contributed by atoms with Crippen LogP contribution >= 0.6 is 0 Å². The van der Waals surface area contributed by atoms with Crippen LogP contribution < -0.4 is 16.0 Å². The molecular weight excluding hydrogens is 218 g/mol. The van der Waals surface area contributed by atoms with Crippen molar-refractivity contribution in [3.05, 3.63) is 29.3 Å². The lowest BCUT2D eigenvalue weighted by molar-refractivity contribution is -0.130. The molecule has 1 saturated heterocycles. The number of carbonyl (C=O) groups excluding carboxylic acids is 2. The van der Waals surface area contributed by atoms with Crippen molar-refractivity contribution in [1.29, 1.82) is 0 Å². The van der Waals surface area contributed by atoms with E-state index in [9.17, 15) is 9.59 Å². The van der Waals surface area contributed by atoms with Crippen molar-refractivity contribution in [2.24, 2.45) is 5.73 Å². The third-order valence-corrected chi connectivity index (χ3v) is 3.50. The van der Waals surface area contributed by atoms with E-state index >= 15 is 0 Å². The Morgan fingerprint density at radius 1 is 1.41 bits per heavy atom. The van der Waals surface area contributed by atoms with Gasteiger partial charge in [-0.3, -0.25) is 9.59 Å². The molecule has 2 heterocycles. The zero-order valence-electron chi connectivity index (χ0n) is 9.43. The quantitative estimate of drug-likeness (QED) is 0.652. The Balaban J connectivity index is 1.93. The summed E-state index contributed by atoms with van der Waals surface area (Å²) in [6, 6.07) is 5.20. The number of rotatable bonds is 1. The highest BCUT2D eigenvalue weighted by Crippen LogP contribution is 2.32. The van der Waals surface area contributed by atoms with Gasteiger partial charge in [-0.15, -0.1) is 0 Å². The van der Waals surface area contributed by atoms with Gasteiger partial charge in [0, 0.05) is 12.7 Å². The third-order valence-electron chi connectivity index (χ3n) is 3.50. The lowest BCUT2D eigenvalue weighted by Crippen LogP contribution is -2.60. The first-order valence-corrected chi connectivity index (χ1v) is 5.53. The number of nitrogens with two attached hydrogens (primary N) is 1. The summed E-state index contributed by atoms with van der Waals surface area (Å²) < 4.78 is 0. The van der Waals surface area contributed by atoms with Gasteiger partial charge < -0.3 is 16.0 Å². The molecule has 5 nitrogen and oxygen atoms in total. The molecule has 17 heavy (non-hydrogen) atoms. The number of nitrogens with zero attached hydrogens (tertiary/aromatic N) is 1. The maximum Gasteiger partial charge on any atom is 0.239 e. The van der Waals surface area contributed by atoms with Crippen LogP contribution in [0.3, 0.4) is 0 Å². The number of amides is 2. The molecule has 2 aliphatic heterocycles. The molecule has 0 bridgehead atoms. The van der Waals surface area contributed by atoms with E-state index in [0.29, 0.717) is 6.42 Å². The Morgan fingerprint density at radius 2 is 2.18 bits per heavy atom. The lowest BCUT2D eigenvalue weighted by Gasteiger charge is -2.34. The Kier molecular flexibility index (Phi) is 2.00. The fourth-order valence-electron chi connectivity index (χ4n) is 2.37. The van der Waals surface area contributed by atoms with Crippen LogP contribution in [0.5, 0.6) is 0 Å². The number of likely N-dealkylation sites (N-methyl/N-ethyl adjacent to an activating group) is 1. The Morgan fingerprint density at radius 3 is 2.82 bits per heavy atom. The maximum atomic E-state index is 11.5. The van der Waals surface area contributed by atoms with Crippen molar-refractivity contribution >= 4 is 17.5 Å². The normalized spacial score (nSPS) is 26.6. The second-order valence-electron chi connectivity index (χ2n) is 4.53. The highest BCUT2D eigenvalue weighted by Gasteiger charge is 2.37. The molecule has 0 spiro atoms. The van der Waals surface area contributed by atoms with Gasteiger partial charge in [0.2, 0.25) is 11.8 Å². The number of benzene rings is 1. The van der Waals surface area contributed by atoms with Crippen LogP contribution in [0.4, 0.5) is 5.69 Å². The smallest absolute Gasteiger partial charge is 0.239 e. The molecule has 2 atom stereocenters. The monoisotopic (exact) mass is 231 g/mol. The van der Waals surface area contributed by atoms with Crippen molar-refractivity contribution in [1.82, 2.24) is 5.32 Å². The second-order valence-corrected chi connectivity index (χ2v) is 4.53. The van der Waals surface area contributed by atoms with Gasteiger partial charge in [0.15, 0.2) is 0 Å². The van der Waals surface area contributed by atoms with E-state index in [1.54, 1.807) is 11.9 Å². The maximum absolute atomic E-state index is 11.5. The molecule has 5 heteroatoms. The first-order chi connectivity index (χ1) is 8.08. The van der Waals surface area contributed by atoms with E-state index in [2.05, 4.69) is 5.32 Å². The average molecular weight is 231 g/mol.